The van der Waals surface area contributed by atoms with Crippen molar-refractivity contribution in [3.8, 4) is 0 Å². The lowest BCUT2D eigenvalue weighted by Gasteiger charge is -1.89. The quantitative estimate of drug-likeness (QED) is 0.521. The summed E-state index contributed by atoms with van der Waals surface area (Å²) < 4.78 is 0. The van der Waals surface area contributed by atoms with Gasteiger partial charge in [0, 0.05) is 13.0 Å². The van der Waals surface area contributed by atoms with Gasteiger partial charge in [-0.15, -0.1) is 0 Å². The molecule has 9 heavy (non-hydrogen) atoms. The SMILES string of the molecule is CC(O)CC=O.CCO. The average Bonchev–Trinajstić information content (AvgIpc) is 1.67. The van der Waals surface area contributed by atoms with Crippen molar-refractivity contribution in [3.63, 3.8) is 0 Å². The fourth-order valence-electron chi connectivity index (χ4n) is 0.139. The van der Waals surface area contributed by atoms with Crippen molar-refractivity contribution < 1.29 is 15.0 Å². The summed E-state index contributed by atoms with van der Waals surface area (Å²) in [7, 11) is 0. The molecule has 0 bridgehead atoms. The first-order valence-electron chi connectivity index (χ1n) is 2.91. The highest BCUT2D eigenvalue weighted by molar-refractivity contribution is 5.49. The molecule has 2 N–H and O–H groups in total. The number of hydrogen-bond acceptors (Lipinski definition) is 3. The number of carbonyl (C=O) groups excluding carboxylic acids is 1. The van der Waals surface area contributed by atoms with Crippen LogP contribution in [0.15, 0.2) is 0 Å². The third-order valence-electron chi connectivity index (χ3n) is 0.437. The molecule has 3 nitrogen and oxygen atoms in total. The van der Waals surface area contributed by atoms with Crippen LogP contribution in [-0.2, 0) is 4.79 Å². The van der Waals surface area contributed by atoms with Gasteiger partial charge in [-0.05, 0) is 13.8 Å². The van der Waals surface area contributed by atoms with E-state index in [1.165, 1.54) is 0 Å². The van der Waals surface area contributed by atoms with E-state index in [1.807, 2.05) is 0 Å². The van der Waals surface area contributed by atoms with E-state index in [4.69, 9.17) is 10.2 Å². The molecule has 0 aromatic carbocycles. The minimum Gasteiger partial charge on any atom is -0.397 e. The second-order valence-corrected chi connectivity index (χ2v) is 1.57. The summed E-state index contributed by atoms with van der Waals surface area (Å²) in [4.78, 5) is 9.46. The summed E-state index contributed by atoms with van der Waals surface area (Å²) in [5.41, 5.74) is 0. The van der Waals surface area contributed by atoms with Crippen LogP contribution in [-0.4, -0.2) is 29.2 Å². The normalized spacial score (nSPS) is 11.1. The Morgan fingerprint density at radius 2 is 2.00 bits per heavy atom. The zero-order valence-corrected chi connectivity index (χ0v) is 5.87. The fourth-order valence-corrected chi connectivity index (χ4v) is 0.139. The summed E-state index contributed by atoms with van der Waals surface area (Å²) >= 11 is 0. The summed E-state index contributed by atoms with van der Waals surface area (Å²) in [6.45, 7) is 3.51. The number of carbonyl (C=O) groups is 1. The summed E-state index contributed by atoms with van der Waals surface area (Å²) in [5, 5.41) is 15.9. The van der Waals surface area contributed by atoms with Crippen LogP contribution in [0.3, 0.4) is 0 Å². The molecule has 1 atom stereocenters. The lowest BCUT2D eigenvalue weighted by molar-refractivity contribution is -0.109. The average molecular weight is 134 g/mol. The molecule has 0 amide bonds. The number of aldehydes is 1. The Labute approximate surface area is 55.3 Å². The summed E-state index contributed by atoms with van der Waals surface area (Å²) in [5.74, 6) is 0. The second-order valence-electron chi connectivity index (χ2n) is 1.57. The maximum Gasteiger partial charge on any atom is 0.122 e. The molecule has 0 saturated carbocycles. The Hall–Kier alpha value is -0.410. The highest BCUT2D eigenvalue weighted by Crippen LogP contribution is 1.79. The zero-order chi connectivity index (χ0) is 7.70. The highest BCUT2D eigenvalue weighted by Gasteiger charge is 1.87. The van der Waals surface area contributed by atoms with Gasteiger partial charge in [0.05, 0.1) is 6.10 Å². The second kappa shape index (κ2) is 10.5. The summed E-state index contributed by atoms with van der Waals surface area (Å²) in [6.07, 6.45) is 0.479. The van der Waals surface area contributed by atoms with Crippen molar-refractivity contribution in [2.75, 3.05) is 6.61 Å². The predicted molar refractivity (Wildman–Crippen MR) is 35.1 cm³/mol. The standard InChI is InChI=1S/C4H8O2.C2H6O/c1-4(6)2-3-5;1-2-3/h3-4,6H,2H2,1H3;3H,2H2,1H3. The Balaban J connectivity index is 0. The molecule has 1 unspecified atom stereocenters. The molecule has 0 aromatic heterocycles. The molecule has 0 fully saturated rings. The minimum atomic E-state index is -0.470. The maximum atomic E-state index is 9.46. The third-order valence-corrected chi connectivity index (χ3v) is 0.437. The van der Waals surface area contributed by atoms with E-state index in [0.29, 0.717) is 6.29 Å². The molecule has 0 radical (unpaired) electrons. The van der Waals surface area contributed by atoms with E-state index < -0.39 is 6.10 Å². The van der Waals surface area contributed by atoms with Gasteiger partial charge in [-0.1, -0.05) is 0 Å². The minimum absolute atomic E-state index is 0.250. The summed E-state index contributed by atoms with van der Waals surface area (Å²) in [6, 6.07) is 0. The van der Waals surface area contributed by atoms with E-state index in [2.05, 4.69) is 0 Å². The van der Waals surface area contributed by atoms with Crippen LogP contribution in [0.25, 0.3) is 0 Å². The number of hydrogen-bond donors (Lipinski definition) is 2. The molecule has 56 valence electrons. The largest absolute Gasteiger partial charge is 0.397 e. The fraction of sp³-hybridized carbons (Fsp3) is 0.833. The van der Waals surface area contributed by atoms with Crippen molar-refractivity contribution in [2.45, 2.75) is 26.4 Å². The highest BCUT2D eigenvalue weighted by atomic mass is 16.3. The molecule has 3 heteroatoms. The third kappa shape index (κ3) is 35.4. The van der Waals surface area contributed by atoms with Gasteiger partial charge in [-0.2, -0.15) is 0 Å². The van der Waals surface area contributed by atoms with E-state index >= 15 is 0 Å². The molecule has 0 saturated heterocycles. The number of rotatable bonds is 2. The molecule has 0 heterocycles. The lowest BCUT2D eigenvalue weighted by Crippen LogP contribution is -1.97. The van der Waals surface area contributed by atoms with Crippen molar-refractivity contribution in [2.24, 2.45) is 0 Å². The first-order valence-corrected chi connectivity index (χ1v) is 2.91. The molecule has 0 aliphatic heterocycles. The van der Waals surface area contributed by atoms with Crippen LogP contribution in [0.1, 0.15) is 20.3 Å². The van der Waals surface area contributed by atoms with Crippen LogP contribution in [0.2, 0.25) is 0 Å². The molecule has 0 aromatic rings. The van der Waals surface area contributed by atoms with Gasteiger partial charge in [-0.25, -0.2) is 0 Å². The molecule has 0 aliphatic carbocycles. The van der Waals surface area contributed by atoms with E-state index in [0.717, 1.165) is 0 Å². The van der Waals surface area contributed by atoms with Crippen molar-refractivity contribution in [1.29, 1.82) is 0 Å². The zero-order valence-electron chi connectivity index (χ0n) is 5.87. The Bertz CT molecular complexity index is 52.3. The van der Waals surface area contributed by atoms with E-state index in [9.17, 15) is 4.79 Å². The molecule has 0 aliphatic rings. The van der Waals surface area contributed by atoms with Crippen molar-refractivity contribution in [3.05, 3.63) is 0 Å². The molecular weight excluding hydrogens is 120 g/mol. The van der Waals surface area contributed by atoms with Crippen LogP contribution >= 0.6 is 0 Å². The van der Waals surface area contributed by atoms with Crippen molar-refractivity contribution in [1.82, 2.24) is 0 Å². The van der Waals surface area contributed by atoms with Gasteiger partial charge in [0.25, 0.3) is 0 Å². The Morgan fingerprint density at radius 3 is 2.00 bits per heavy atom. The van der Waals surface area contributed by atoms with E-state index in [1.54, 1.807) is 13.8 Å². The molecule has 0 rings (SSSR count). The van der Waals surface area contributed by atoms with Gasteiger partial charge in [0.2, 0.25) is 0 Å². The van der Waals surface area contributed by atoms with Crippen LogP contribution < -0.4 is 0 Å². The topological polar surface area (TPSA) is 57.5 Å². The van der Waals surface area contributed by atoms with Crippen LogP contribution in [0.5, 0.6) is 0 Å². The Kier molecular flexibility index (Phi) is 13.4. The molecular formula is C6H14O3. The van der Waals surface area contributed by atoms with Gasteiger partial charge >= 0.3 is 0 Å². The van der Waals surface area contributed by atoms with Gasteiger partial charge in [0.15, 0.2) is 0 Å². The van der Waals surface area contributed by atoms with Gasteiger partial charge in [0.1, 0.15) is 6.29 Å². The smallest absolute Gasteiger partial charge is 0.122 e. The lowest BCUT2D eigenvalue weighted by atomic mass is 10.3. The monoisotopic (exact) mass is 134 g/mol. The first kappa shape index (κ1) is 11.4. The Morgan fingerprint density at radius 1 is 1.67 bits per heavy atom. The van der Waals surface area contributed by atoms with Gasteiger partial charge in [-0.3, -0.25) is 0 Å². The van der Waals surface area contributed by atoms with Crippen LogP contribution in [0, 0.1) is 0 Å². The first-order chi connectivity index (χ1) is 4.18. The molecule has 0 spiro atoms. The van der Waals surface area contributed by atoms with Crippen molar-refractivity contribution >= 4 is 6.29 Å². The van der Waals surface area contributed by atoms with Gasteiger partial charge < -0.3 is 15.0 Å². The van der Waals surface area contributed by atoms with E-state index in [-0.39, 0.29) is 13.0 Å². The number of aliphatic hydroxyl groups is 2. The number of aliphatic hydroxyl groups excluding tert-OH is 2. The predicted octanol–water partition coefficient (Wildman–Crippen LogP) is -0.0452. The maximum absolute atomic E-state index is 9.46. The van der Waals surface area contributed by atoms with Crippen LogP contribution in [0.4, 0.5) is 0 Å².